The van der Waals surface area contributed by atoms with Gasteiger partial charge in [-0.2, -0.15) is 5.10 Å². The van der Waals surface area contributed by atoms with Crippen LogP contribution in [0.3, 0.4) is 0 Å². The fourth-order valence-electron chi connectivity index (χ4n) is 3.20. The number of carbonyl (C=O) groups is 1. The maximum atomic E-state index is 12.5. The molecule has 120 valence electrons. The van der Waals surface area contributed by atoms with E-state index in [0.29, 0.717) is 18.5 Å². The number of rotatable bonds is 4. The molecular formula is C17H26N4O. The lowest BCUT2D eigenvalue weighted by Crippen LogP contribution is -2.39. The molecule has 0 atom stereocenters. The monoisotopic (exact) mass is 302 g/mol. The van der Waals surface area contributed by atoms with Crippen molar-refractivity contribution in [1.29, 1.82) is 0 Å². The molecule has 0 radical (unpaired) electrons. The number of H-pyrrole nitrogens is 1. The number of aromatic amines is 1. The van der Waals surface area contributed by atoms with E-state index in [1.165, 1.54) is 5.56 Å². The summed E-state index contributed by atoms with van der Waals surface area (Å²) in [7, 11) is 2.12. The molecule has 0 spiro atoms. The molecule has 22 heavy (non-hydrogen) atoms. The number of allylic oxidation sites excluding steroid dienone is 2. The van der Waals surface area contributed by atoms with Crippen molar-refractivity contribution in [1.82, 2.24) is 20.0 Å². The molecule has 5 heteroatoms. The Morgan fingerprint density at radius 2 is 2.18 bits per heavy atom. The summed E-state index contributed by atoms with van der Waals surface area (Å²) in [6.45, 7) is 6.75. The Hall–Kier alpha value is -1.62. The lowest BCUT2D eigenvalue weighted by molar-refractivity contribution is -0.136. The fourth-order valence-corrected chi connectivity index (χ4v) is 3.20. The number of amides is 1. The van der Waals surface area contributed by atoms with Gasteiger partial charge in [-0.1, -0.05) is 12.2 Å². The molecule has 1 amide bonds. The van der Waals surface area contributed by atoms with Gasteiger partial charge in [0.1, 0.15) is 0 Å². The van der Waals surface area contributed by atoms with E-state index in [2.05, 4.69) is 48.1 Å². The smallest absolute Gasteiger partial charge is 0.226 e. The first kappa shape index (κ1) is 15.3. The van der Waals surface area contributed by atoms with Gasteiger partial charge in [-0.05, 0) is 40.2 Å². The Bertz CT molecular complexity index is 567. The number of hydrogen-bond acceptors (Lipinski definition) is 3. The van der Waals surface area contributed by atoms with E-state index < -0.39 is 0 Å². The molecule has 1 N–H and O–H groups in total. The molecule has 3 rings (SSSR count). The highest BCUT2D eigenvalue weighted by atomic mass is 16.2. The number of nitrogens with zero attached hydrogens (tertiary/aromatic N) is 3. The first-order chi connectivity index (χ1) is 10.6. The highest BCUT2D eigenvalue weighted by Gasteiger charge is 2.29. The van der Waals surface area contributed by atoms with Gasteiger partial charge in [0.2, 0.25) is 5.91 Å². The number of nitrogens with one attached hydrogen (secondary N) is 1. The third-order valence-corrected chi connectivity index (χ3v) is 4.97. The molecular weight excluding hydrogens is 276 g/mol. The number of fused-ring (bicyclic) bond motifs is 1. The quantitative estimate of drug-likeness (QED) is 0.867. The molecule has 5 nitrogen and oxygen atoms in total. The van der Waals surface area contributed by atoms with Crippen LogP contribution < -0.4 is 0 Å². The topological polar surface area (TPSA) is 52.2 Å². The second-order valence-corrected chi connectivity index (χ2v) is 6.79. The van der Waals surface area contributed by atoms with Crippen LogP contribution in [-0.2, 0) is 24.3 Å². The van der Waals surface area contributed by atoms with Gasteiger partial charge in [0.05, 0.1) is 17.9 Å². The molecule has 2 aliphatic rings. The van der Waals surface area contributed by atoms with E-state index in [9.17, 15) is 4.79 Å². The second kappa shape index (κ2) is 6.24. The summed E-state index contributed by atoms with van der Waals surface area (Å²) in [5, 5.41) is 7.65. The molecule has 0 saturated carbocycles. The van der Waals surface area contributed by atoms with Crippen molar-refractivity contribution in [3.05, 3.63) is 29.1 Å². The molecule has 0 bridgehead atoms. The Morgan fingerprint density at radius 3 is 2.86 bits per heavy atom. The van der Waals surface area contributed by atoms with Gasteiger partial charge in [-0.25, -0.2) is 0 Å². The summed E-state index contributed by atoms with van der Waals surface area (Å²) < 4.78 is 0. The lowest BCUT2D eigenvalue weighted by atomic mass is 10.0. The van der Waals surface area contributed by atoms with E-state index >= 15 is 0 Å². The number of aromatic nitrogens is 2. The van der Waals surface area contributed by atoms with Gasteiger partial charge >= 0.3 is 0 Å². The minimum atomic E-state index is 0.163. The molecule has 1 aliphatic carbocycles. The summed E-state index contributed by atoms with van der Waals surface area (Å²) in [5.74, 6) is 0.460. The third-order valence-electron chi connectivity index (χ3n) is 4.97. The number of hydrogen-bond donors (Lipinski definition) is 1. The second-order valence-electron chi connectivity index (χ2n) is 6.79. The van der Waals surface area contributed by atoms with Crippen molar-refractivity contribution in [2.75, 3.05) is 13.6 Å². The summed E-state index contributed by atoms with van der Waals surface area (Å²) in [5.41, 5.74) is 3.58. The Morgan fingerprint density at radius 1 is 1.45 bits per heavy atom. The van der Waals surface area contributed by atoms with Crippen LogP contribution in [0.2, 0.25) is 0 Å². The molecule has 1 aliphatic heterocycles. The first-order valence-electron chi connectivity index (χ1n) is 8.25. The van der Waals surface area contributed by atoms with Crippen molar-refractivity contribution >= 4 is 5.91 Å². The molecule has 1 aromatic rings. The summed E-state index contributed by atoms with van der Waals surface area (Å²) >= 11 is 0. The summed E-state index contributed by atoms with van der Waals surface area (Å²) in [6, 6.07) is 0.504. The molecule has 0 aromatic carbocycles. The molecule has 2 heterocycles. The molecule has 0 saturated heterocycles. The number of carbonyl (C=O) groups excluding carboxylic acids is 1. The van der Waals surface area contributed by atoms with Crippen molar-refractivity contribution in [2.24, 2.45) is 5.92 Å². The summed E-state index contributed by atoms with van der Waals surface area (Å²) in [6.07, 6.45) is 6.95. The van der Waals surface area contributed by atoms with E-state index in [1.54, 1.807) is 0 Å². The van der Waals surface area contributed by atoms with Crippen LogP contribution in [0, 0.1) is 5.92 Å². The van der Waals surface area contributed by atoms with Crippen molar-refractivity contribution in [3.63, 3.8) is 0 Å². The average Bonchev–Trinajstić information content (AvgIpc) is 3.16. The molecule has 0 fully saturated rings. The van der Waals surface area contributed by atoms with Gasteiger partial charge in [0.15, 0.2) is 0 Å². The van der Waals surface area contributed by atoms with Crippen LogP contribution in [0.25, 0.3) is 0 Å². The van der Waals surface area contributed by atoms with Gasteiger partial charge in [-0.15, -0.1) is 0 Å². The lowest BCUT2D eigenvalue weighted by Gasteiger charge is -2.29. The van der Waals surface area contributed by atoms with Crippen LogP contribution in [0.4, 0.5) is 0 Å². The van der Waals surface area contributed by atoms with E-state index in [0.717, 1.165) is 43.7 Å². The molecule has 1 aromatic heterocycles. The van der Waals surface area contributed by atoms with Crippen molar-refractivity contribution in [3.8, 4) is 0 Å². The van der Waals surface area contributed by atoms with Gasteiger partial charge in [0, 0.05) is 30.6 Å². The SMILES string of the molecule is CC(C)N(C)Cc1n[nH]c2c1CCN(C(=O)C1CC=CC1)C2. The maximum Gasteiger partial charge on any atom is 0.226 e. The fraction of sp³-hybridized carbons (Fsp3) is 0.647. The highest BCUT2D eigenvalue weighted by molar-refractivity contribution is 5.80. The third kappa shape index (κ3) is 2.95. The largest absolute Gasteiger partial charge is 0.336 e. The van der Waals surface area contributed by atoms with Gasteiger partial charge < -0.3 is 4.90 Å². The Balaban J connectivity index is 1.67. The molecule has 0 unspecified atom stereocenters. The predicted octanol–water partition coefficient (Wildman–Crippen LogP) is 2.10. The Labute approximate surface area is 132 Å². The Kier molecular flexibility index (Phi) is 4.34. The van der Waals surface area contributed by atoms with Gasteiger partial charge in [-0.3, -0.25) is 14.8 Å². The van der Waals surface area contributed by atoms with Crippen molar-refractivity contribution in [2.45, 2.75) is 52.2 Å². The zero-order chi connectivity index (χ0) is 15.7. The zero-order valence-electron chi connectivity index (χ0n) is 13.8. The summed E-state index contributed by atoms with van der Waals surface area (Å²) in [4.78, 5) is 16.8. The van der Waals surface area contributed by atoms with Crippen molar-refractivity contribution < 1.29 is 4.79 Å². The standard InChI is InChI=1S/C17H26N4O/c1-12(2)20(3)10-15-14-8-9-21(11-16(14)19-18-15)17(22)13-6-4-5-7-13/h4-5,12-13H,6-11H2,1-3H3,(H,18,19). The van der Waals surface area contributed by atoms with E-state index in [-0.39, 0.29) is 5.92 Å². The predicted molar refractivity (Wildman–Crippen MR) is 86.2 cm³/mol. The maximum absolute atomic E-state index is 12.5. The van der Waals surface area contributed by atoms with Crippen LogP contribution in [0.15, 0.2) is 12.2 Å². The van der Waals surface area contributed by atoms with Crippen LogP contribution in [0.1, 0.15) is 43.6 Å². The van der Waals surface area contributed by atoms with Crippen LogP contribution in [-0.4, -0.2) is 45.5 Å². The van der Waals surface area contributed by atoms with E-state index in [1.807, 2.05) is 4.90 Å². The first-order valence-corrected chi connectivity index (χ1v) is 8.25. The minimum Gasteiger partial charge on any atom is -0.336 e. The van der Waals surface area contributed by atoms with Gasteiger partial charge in [0.25, 0.3) is 0 Å². The van der Waals surface area contributed by atoms with E-state index in [4.69, 9.17) is 0 Å². The average molecular weight is 302 g/mol. The zero-order valence-corrected chi connectivity index (χ0v) is 13.8. The minimum absolute atomic E-state index is 0.163. The highest BCUT2D eigenvalue weighted by Crippen LogP contribution is 2.26. The normalized spacial score (nSPS) is 18.5. The van der Waals surface area contributed by atoms with Crippen LogP contribution >= 0.6 is 0 Å². The van der Waals surface area contributed by atoms with Crippen LogP contribution in [0.5, 0.6) is 0 Å².